The van der Waals surface area contributed by atoms with Crippen molar-refractivity contribution in [3.63, 3.8) is 0 Å². The predicted molar refractivity (Wildman–Crippen MR) is 125 cm³/mol. The molecule has 0 saturated heterocycles. The van der Waals surface area contributed by atoms with Crippen molar-refractivity contribution in [1.82, 2.24) is 4.90 Å². The highest BCUT2D eigenvalue weighted by Crippen LogP contribution is 2.30. The van der Waals surface area contributed by atoms with E-state index in [-0.39, 0.29) is 47.9 Å². The second-order valence-electron chi connectivity index (χ2n) is 8.03. The third kappa shape index (κ3) is 9.19. The molecule has 1 amide bonds. The second-order valence-corrected chi connectivity index (χ2v) is 8.03. The first-order valence-corrected chi connectivity index (χ1v) is 11.0. The fraction of sp³-hybridized carbons (Fsp3) is 0.435. The minimum absolute atomic E-state index is 0.0654. The van der Waals surface area contributed by atoms with E-state index in [1.54, 1.807) is 19.0 Å². The summed E-state index contributed by atoms with van der Waals surface area (Å²) >= 11 is 0. The molecule has 0 bridgehead atoms. The molecule has 2 rings (SSSR count). The first-order chi connectivity index (χ1) is 17.2. The largest absolute Gasteiger partial charge is 0.539 e. The molecule has 36 heavy (non-hydrogen) atoms. The summed E-state index contributed by atoms with van der Waals surface area (Å²) in [5, 5.41) is 11.5. The summed E-state index contributed by atoms with van der Waals surface area (Å²) in [6.07, 6.45) is -4.20. The Morgan fingerprint density at radius 2 is 1.86 bits per heavy atom. The van der Waals surface area contributed by atoms with E-state index in [0.717, 1.165) is 6.07 Å². The Labute approximate surface area is 206 Å². The molecular formula is C23H28BF5N2O5. The first kappa shape index (κ1) is 29.2. The lowest BCUT2D eigenvalue weighted by Gasteiger charge is -2.20. The van der Waals surface area contributed by atoms with Gasteiger partial charge in [-0.3, -0.25) is 4.79 Å². The van der Waals surface area contributed by atoms with Crippen molar-refractivity contribution < 1.29 is 45.9 Å². The lowest BCUT2D eigenvalue weighted by Crippen LogP contribution is -2.23. The monoisotopic (exact) mass is 518 g/mol. The lowest BCUT2D eigenvalue weighted by molar-refractivity contribution is -0.116. The average Bonchev–Trinajstić information content (AvgIpc) is 2.81. The average molecular weight is 518 g/mol. The fourth-order valence-electron chi connectivity index (χ4n) is 3.26. The SMILES string of the molecule is CN(C)Cc1cc(NC(=O)CCc2cc(OBO)ccc2OCC(F)F)cc(F)c1OC(CF)CF. The topological polar surface area (TPSA) is 80.3 Å². The van der Waals surface area contributed by atoms with Gasteiger partial charge in [0.15, 0.2) is 17.7 Å². The zero-order chi connectivity index (χ0) is 26.7. The normalized spacial score (nSPS) is 11.2. The van der Waals surface area contributed by atoms with Gasteiger partial charge >= 0.3 is 7.69 Å². The van der Waals surface area contributed by atoms with Gasteiger partial charge in [-0.15, -0.1) is 0 Å². The quantitative estimate of drug-likeness (QED) is 0.278. The summed E-state index contributed by atoms with van der Waals surface area (Å²) in [5.41, 5.74) is 0.771. The molecule has 0 unspecified atom stereocenters. The van der Waals surface area contributed by atoms with Gasteiger partial charge in [0.05, 0.1) is 0 Å². The van der Waals surface area contributed by atoms with Gasteiger partial charge in [0.1, 0.15) is 31.5 Å². The van der Waals surface area contributed by atoms with Crippen LogP contribution >= 0.6 is 0 Å². The van der Waals surface area contributed by atoms with Crippen molar-refractivity contribution in [3.05, 3.63) is 47.3 Å². The number of anilines is 1. The smallest absolute Gasteiger partial charge is 0.504 e. The Morgan fingerprint density at radius 3 is 2.47 bits per heavy atom. The molecule has 2 aromatic carbocycles. The van der Waals surface area contributed by atoms with Gasteiger partial charge < -0.3 is 29.4 Å². The molecule has 0 heterocycles. The van der Waals surface area contributed by atoms with Crippen LogP contribution in [0.25, 0.3) is 0 Å². The van der Waals surface area contributed by atoms with E-state index in [0.29, 0.717) is 5.56 Å². The molecule has 198 valence electrons. The molecule has 0 fully saturated rings. The van der Waals surface area contributed by atoms with Crippen LogP contribution < -0.4 is 19.4 Å². The zero-order valence-corrected chi connectivity index (χ0v) is 19.9. The summed E-state index contributed by atoms with van der Waals surface area (Å²) in [5.74, 6) is -1.33. The lowest BCUT2D eigenvalue weighted by atomic mass is 10.1. The van der Waals surface area contributed by atoms with Crippen LogP contribution in [0.4, 0.5) is 27.6 Å². The Kier molecular flexibility index (Phi) is 11.7. The molecule has 0 spiro atoms. The molecule has 0 aromatic heterocycles. The van der Waals surface area contributed by atoms with Crippen LogP contribution in [0.2, 0.25) is 0 Å². The molecule has 2 N–H and O–H groups in total. The number of alkyl halides is 4. The molecular weight excluding hydrogens is 490 g/mol. The van der Waals surface area contributed by atoms with Crippen molar-refractivity contribution >= 4 is 19.3 Å². The molecule has 13 heteroatoms. The molecule has 0 aliphatic rings. The van der Waals surface area contributed by atoms with Crippen LogP contribution in [0.1, 0.15) is 17.5 Å². The zero-order valence-electron chi connectivity index (χ0n) is 19.9. The van der Waals surface area contributed by atoms with Crippen LogP contribution in [-0.4, -0.2) is 70.1 Å². The maximum Gasteiger partial charge on any atom is 0.504 e. The van der Waals surface area contributed by atoms with Crippen molar-refractivity contribution in [2.45, 2.75) is 31.9 Å². The fourth-order valence-corrected chi connectivity index (χ4v) is 3.26. The summed E-state index contributed by atoms with van der Waals surface area (Å²) in [6, 6.07) is 6.70. The molecule has 7 nitrogen and oxygen atoms in total. The highest BCUT2D eigenvalue weighted by Gasteiger charge is 2.19. The van der Waals surface area contributed by atoms with Crippen molar-refractivity contribution in [1.29, 1.82) is 0 Å². The number of nitrogens with one attached hydrogen (secondary N) is 1. The van der Waals surface area contributed by atoms with Crippen molar-refractivity contribution in [2.75, 3.05) is 39.4 Å². The third-order valence-corrected chi connectivity index (χ3v) is 4.77. The first-order valence-electron chi connectivity index (χ1n) is 11.0. The molecule has 0 aliphatic heterocycles. The van der Waals surface area contributed by atoms with E-state index >= 15 is 0 Å². The standard InChI is InChI=1S/C23H28BF5N2O5/c1-31(2)12-15-7-16(9-19(27)23(15)35-18(10-25)11-26)30-22(32)6-3-14-8-17(36-24-33)4-5-20(14)34-13-21(28)29/h4-5,7-9,18,21,24,33H,3,6,10-13H2,1-2H3,(H,30,32). The molecule has 0 radical (unpaired) electrons. The van der Waals surface area contributed by atoms with Crippen molar-refractivity contribution in [3.8, 4) is 17.2 Å². The summed E-state index contributed by atoms with van der Waals surface area (Å²) in [4.78, 5) is 14.3. The van der Waals surface area contributed by atoms with E-state index in [1.807, 2.05) is 0 Å². The Bertz CT molecular complexity index is 996. The van der Waals surface area contributed by atoms with Gasteiger partial charge in [0, 0.05) is 30.3 Å². The molecule has 0 saturated carbocycles. The Morgan fingerprint density at radius 1 is 1.14 bits per heavy atom. The number of nitrogens with zero attached hydrogens (tertiary/aromatic N) is 1. The van der Waals surface area contributed by atoms with Crippen LogP contribution in [0, 0.1) is 5.82 Å². The number of rotatable bonds is 15. The highest BCUT2D eigenvalue weighted by molar-refractivity contribution is 6.17. The van der Waals surface area contributed by atoms with E-state index in [2.05, 4.69) is 5.32 Å². The third-order valence-electron chi connectivity index (χ3n) is 4.77. The number of carbonyl (C=O) groups excluding carboxylic acids is 1. The van der Waals surface area contributed by atoms with Gasteiger partial charge in [-0.25, -0.2) is 22.0 Å². The van der Waals surface area contributed by atoms with E-state index < -0.39 is 51.9 Å². The van der Waals surface area contributed by atoms with Crippen LogP contribution in [0.5, 0.6) is 17.2 Å². The summed E-state index contributed by atoms with van der Waals surface area (Å²) < 4.78 is 81.0. The second kappa shape index (κ2) is 14.5. The van der Waals surface area contributed by atoms with Gasteiger partial charge in [0.25, 0.3) is 6.43 Å². The van der Waals surface area contributed by atoms with E-state index in [4.69, 9.17) is 19.2 Å². The van der Waals surface area contributed by atoms with E-state index in [9.17, 15) is 26.7 Å². The number of halogens is 5. The van der Waals surface area contributed by atoms with Crippen LogP contribution in [-0.2, 0) is 17.8 Å². The molecule has 0 aliphatic carbocycles. The Hall–Kier alpha value is -3.06. The minimum Gasteiger partial charge on any atom is -0.539 e. The number of aryl methyl sites for hydroxylation is 1. The van der Waals surface area contributed by atoms with Gasteiger partial charge in [-0.2, -0.15) is 0 Å². The van der Waals surface area contributed by atoms with Crippen LogP contribution in [0.15, 0.2) is 30.3 Å². The maximum absolute atomic E-state index is 14.8. The number of hydrogen-bond acceptors (Lipinski definition) is 6. The predicted octanol–water partition coefficient (Wildman–Crippen LogP) is 3.43. The van der Waals surface area contributed by atoms with E-state index in [1.165, 1.54) is 24.3 Å². The summed E-state index contributed by atoms with van der Waals surface area (Å²) in [6.45, 7) is -2.94. The highest BCUT2D eigenvalue weighted by atomic mass is 19.3. The number of hydrogen-bond donors (Lipinski definition) is 2. The maximum atomic E-state index is 14.8. The van der Waals surface area contributed by atoms with Gasteiger partial charge in [-0.05, 0) is 50.3 Å². The molecule has 2 aromatic rings. The van der Waals surface area contributed by atoms with Crippen molar-refractivity contribution in [2.24, 2.45) is 0 Å². The number of benzene rings is 2. The number of carbonyl (C=O) groups is 1. The minimum atomic E-state index is -2.70. The van der Waals surface area contributed by atoms with Gasteiger partial charge in [0.2, 0.25) is 5.91 Å². The number of amides is 1. The van der Waals surface area contributed by atoms with Gasteiger partial charge in [-0.1, -0.05) is 0 Å². The number of ether oxygens (including phenoxy) is 2. The summed E-state index contributed by atoms with van der Waals surface area (Å²) in [7, 11) is 2.81. The Balaban J connectivity index is 2.17. The molecule has 0 atom stereocenters. The van der Waals surface area contributed by atoms with Crippen LogP contribution in [0.3, 0.4) is 0 Å².